The first-order valence-corrected chi connectivity index (χ1v) is 10.8. The molecule has 31 heavy (non-hydrogen) atoms. The number of hydrogen-bond donors (Lipinski definition) is 0. The largest absolute Gasteiger partial charge is 0.367 e. The molecule has 0 spiro atoms. The Morgan fingerprint density at radius 2 is 1.77 bits per heavy atom. The number of rotatable bonds is 3. The molecule has 1 saturated heterocycles. The first-order valence-electron chi connectivity index (χ1n) is 10.4. The molecule has 7 nitrogen and oxygen atoms in total. The zero-order valence-electron chi connectivity index (χ0n) is 17.2. The van der Waals surface area contributed by atoms with E-state index in [4.69, 9.17) is 11.6 Å². The minimum atomic E-state index is -0.106. The Hall–Kier alpha value is -3.32. The average Bonchev–Trinajstić information content (AvgIpc) is 3.30. The topological polar surface area (TPSA) is 62.9 Å². The second-order valence-electron chi connectivity index (χ2n) is 7.61. The first kappa shape index (κ1) is 19.6. The van der Waals surface area contributed by atoms with E-state index < -0.39 is 0 Å². The second kappa shape index (κ2) is 7.74. The fraction of sp³-hybridized carbons (Fsp3) is 0.261. The van der Waals surface area contributed by atoms with Crippen molar-refractivity contribution in [1.82, 2.24) is 19.1 Å². The van der Waals surface area contributed by atoms with Crippen LogP contribution in [0, 0.1) is 0 Å². The van der Waals surface area contributed by atoms with Crippen LogP contribution in [-0.2, 0) is 6.54 Å². The van der Waals surface area contributed by atoms with Gasteiger partial charge in [0, 0.05) is 38.3 Å². The molecule has 0 aliphatic carbocycles. The predicted octanol–water partition coefficient (Wildman–Crippen LogP) is 3.28. The fourth-order valence-electron chi connectivity index (χ4n) is 4.31. The second-order valence-corrected chi connectivity index (χ2v) is 8.02. The maximum atomic E-state index is 13.2. The van der Waals surface area contributed by atoms with E-state index in [0.717, 1.165) is 29.3 Å². The van der Waals surface area contributed by atoms with Gasteiger partial charge >= 0.3 is 0 Å². The lowest BCUT2D eigenvalue weighted by molar-refractivity contribution is 0.0747. The van der Waals surface area contributed by atoms with Gasteiger partial charge in [-0.25, -0.2) is 4.52 Å². The average molecular weight is 436 g/mol. The van der Waals surface area contributed by atoms with Crippen LogP contribution >= 0.6 is 11.6 Å². The number of piperazine rings is 1. The van der Waals surface area contributed by atoms with Gasteiger partial charge in [-0.15, -0.1) is 0 Å². The summed E-state index contributed by atoms with van der Waals surface area (Å²) >= 11 is 6.33. The van der Waals surface area contributed by atoms with Crippen molar-refractivity contribution < 1.29 is 4.79 Å². The summed E-state index contributed by atoms with van der Waals surface area (Å²) in [5, 5.41) is 5.00. The van der Waals surface area contributed by atoms with Crippen LogP contribution in [0.15, 0.2) is 59.5 Å². The van der Waals surface area contributed by atoms with Crippen molar-refractivity contribution in [3.05, 3.63) is 75.7 Å². The van der Waals surface area contributed by atoms with E-state index >= 15 is 0 Å². The van der Waals surface area contributed by atoms with Gasteiger partial charge in [0.05, 0.1) is 27.9 Å². The molecule has 8 heteroatoms. The summed E-state index contributed by atoms with van der Waals surface area (Å²) in [6, 6.07) is 15.0. The molecule has 1 amide bonds. The van der Waals surface area contributed by atoms with Crippen LogP contribution in [0.3, 0.4) is 0 Å². The third kappa shape index (κ3) is 3.25. The number of halogens is 1. The van der Waals surface area contributed by atoms with Gasteiger partial charge in [-0.3, -0.25) is 9.59 Å². The molecule has 0 unspecified atom stereocenters. The monoisotopic (exact) mass is 435 g/mol. The summed E-state index contributed by atoms with van der Waals surface area (Å²) < 4.78 is 3.33. The van der Waals surface area contributed by atoms with E-state index in [1.165, 1.54) is 0 Å². The highest BCUT2D eigenvalue weighted by Gasteiger charge is 2.24. The molecule has 0 atom stereocenters. The van der Waals surface area contributed by atoms with Crippen molar-refractivity contribution in [3.63, 3.8) is 0 Å². The predicted molar refractivity (Wildman–Crippen MR) is 122 cm³/mol. The molecule has 3 heterocycles. The lowest BCUT2D eigenvalue weighted by Crippen LogP contribution is -2.48. The molecule has 0 bridgehead atoms. The molecule has 5 rings (SSSR count). The van der Waals surface area contributed by atoms with Crippen molar-refractivity contribution in [2.45, 2.75) is 13.5 Å². The number of benzene rings is 2. The SMILES string of the molecule is CCn1c(=O)c2ccnn2c2ccc(C(=O)N3CCN(c4ccccc4Cl)CC3)cc21. The van der Waals surface area contributed by atoms with Gasteiger partial charge in [0.25, 0.3) is 11.5 Å². The number of aromatic nitrogens is 3. The lowest BCUT2D eigenvalue weighted by atomic mass is 10.1. The highest BCUT2D eigenvalue weighted by molar-refractivity contribution is 6.33. The molecule has 0 N–H and O–H groups in total. The van der Waals surface area contributed by atoms with Crippen LogP contribution in [0.4, 0.5) is 5.69 Å². The van der Waals surface area contributed by atoms with Crippen molar-refractivity contribution in [2.24, 2.45) is 0 Å². The molecule has 0 saturated carbocycles. The zero-order chi connectivity index (χ0) is 21.5. The van der Waals surface area contributed by atoms with Crippen molar-refractivity contribution >= 4 is 39.7 Å². The van der Waals surface area contributed by atoms with Crippen molar-refractivity contribution in [1.29, 1.82) is 0 Å². The lowest BCUT2D eigenvalue weighted by Gasteiger charge is -2.36. The minimum Gasteiger partial charge on any atom is -0.367 e. The smallest absolute Gasteiger partial charge is 0.277 e. The van der Waals surface area contributed by atoms with Gasteiger partial charge in [-0.05, 0) is 43.3 Å². The van der Waals surface area contributed by atoms with E-state index in [1.807, 2.05) is 54.3 Å². The molecular formula is C23H22ClN5O2. The number of amides is 1. The van der Waals surface area contributed by atoms with Crippen LogP contribution in [0.2, 0.25) is 5.02 Å². The summed E-state index contributed by atoms with van der Waals surface area (Å²) in [7, 11) is 0. The van der Waals surface area contributed by atoms with Gasteiger partial charge in [-0.2, -0.15) is 5.10 Å². The Bertz CT molecular complexity index is 1350. The summed E-state index contributed by atoms with van der Waals surface area (Å²) in [6.07, 6.45) is 1.62. The number of fused-ring (bicyclic) bond motifs is 3. The number of aryl methyl sites for hydroxylation is 1. The Labute approximate surface area is 184 Å². The summed E-state index contributed by atoms with van der Waals surface area (Å²) in [5.74, 6) is -0.0311. The molecule has 4 aromatic rings. The van der Waals surface area contributed by atoms with Crippen LogP contribution in [0.1, 0.15) is 17.3 Å². The maximum Gasteiger partial charge on any atom is 0.277 e. The van der Waals surface area contributed by atoms with Gasteiger partial charge in [0.2, 0.25) is 0 Å². The van der Waals surface area contributed by atoms with Gasteiger partial charge in [-0.1, -0.05) is 23.7 Å². The standard InChI is InChI=1S/C23H22ClN5O2/c1-2-28-21-15-16(7-8-19(21)29-20(23(28)31)9-10-25-29)22(30)27-13-11-26(12-14-27)18-6-4-3-5-17(18)24/h3-10,15H,2,11-14H2,1H3. The Balaban J connectivity index is 1.43. The quantitative estimate of drug-likeness (QED) is 0.495. The summed E-state index contributed by atoms with van der Waals surface area (Å²) in [5.41, 5.74) is 3.52. The van der Waals surface area contributed by atoms with E-state index in [9.17, 15) is 9.59 Å². The van der Waals surface area contributed by atoms with Crippen LogP contribution in [0.5, 0.6) is 0 Å². The Morgan fingerprint density at radius 3 is 2.52 bits per heavy atom. The normalized spacial score (nSPS) is 14.5. The number of hydrogen-bond acceptors (Lipinski definition) is 4. The maximum absolute atomic E-state index is 13.2. The number of carbonyl (C=O) groups is 1. The minimum absolute atomic E-state index is 0.0311. The number of para-hydroxylation sites is 1. The molecule has 1 aliphatic heterocycles. The number of anilines is 1. The van der Waals surface area contributed by atoms with Crippen LogP contribution in [-0.4, -0.2) is 51.2 Å². The third-order valence-corrected chi connectivity index (χ3v) is 6.24. The molecule has 1 fully saturated rings. The van der Waals surface area contributed by atoms with Gasteiger partial charge in [0.1, 0.15) is 5.52 Å². The number of nitrogens with zero attached hydrogens (tertiary/aromatic N) is 5. The van der Waals surface area contributed by atoms with E-state index in [2.05, 4.69) is 10.00 Å². The van der Waals surface area contributed by atoms with Crippen molar-refractivity contribution in [3.8, 4) is 0 Å². The molecule has 158 valence electrons. The van der Waals surface area contributed by atoms with Crippen LogP contribution in [0.25, 0.3) is 16.6 Å². The third-order valence-electron chi connectivity index (χ3n) is 5.92. The Morgan fingerprint density at radius 1 is 1.00 bits per heavy atom. The fourth-order valence-corrected chi connectivity index (χ4v) is 4.57. The first-order chi connectivity index (χ1) is 15.1. The molecular weight excluding hydrogens is 414 g/mol. The highest BCUT2D eigenvalue weighted by Crippen LogP contribution is 2.26. The van der Waals surface area contributed by atoms with Gasteiger partial charge < -0.3 is 14.4 Å². The molecule has 1 aliphatic rings. The van der Waals surface area contributed by atoms with E-state index in [0.29, 0.717) is 36.2 Å². The molecule has 0 radical (unpaired) electrons. The summed E-state index contributed by atoms with van der Waals surface area (Å²) in [6.45, 7) is 5.11. The Kier molecular flexibility index (Phi) is 4.90. The van der Waals surface area contributed by atoms with Crippen molar-refractivity contribution in [2.75, 3.05) is 31.1 Å². The van der Waals surface area contributed by atoms with E-state index in [-0.39, 0.29) is 11.5 Å². The van der Waals surface area contributed by atoms with Gasteiger partial charge in [0.15, 0.2) is 0 Å². The molecule has 2 aromatic carbocycles. The van der Waals surface area contributed by atoms with E-state index in [1.54, 1.807) is 21.3 Å². The molecule has 2 aromatic heterocycles. The number of carbonyl (C=O) groups excluding carboxylic acids is 1. The zero-order valence-corrected chi connectivity index (χ0v) is 17.9. The summed E-state index contributed by atoms with van der Waals surface area (Å²) in [4.78, 5) is 30.1. The van der Waals surface area contributed by atoms with Crippen LogP contribution < -0.4 is 10.5 Å². The highest BCUT2D eigenvalue weighted by atomic mass is 35.5.